The molecule has 0 spiro atoms. The number of fused-ring (bicyclic) bond motifs is 1. The Morgan fingerprint density at radius 1 is 1.11 bits per heavy atom. The fourth-order valence-electron chi connectivity index (χ4n) is 4.12. The van der Waals surface area contributed by atoms with Crippen LogP contribution in [0, 0.1) is 6.92 Å². The Labute approximate surface area is 213 Å². The van der Waals surface area contributed by atoms with E-state index in [0.717, 1.165) is 39.7 Å². The van der Waals surface area contributed by atoms with E-state index in [1.807, 2.05) is 29.2 Å². The Hall–Kier alpha value is -4.12. The molecule has 5 aromatic rings. The number of nitrogens with one attached hydrogen (secondary N) is 1. The molecule has 1 N–H and O–H groups in total. The van der Waals surface area contributed by atoms with Gasteiger partial charge in [-0.1, -0.05) is 5.16 Å². The Morgan fingerprint density at radius 2 is 1.97 bits per heavy atom. The van der Waals surface area contributed by atoms with Crippen molar-refractivity contribution in [1.29, 1.82) is 0 Å². The minimum Gasteiger partial charge on any atom is -0.455 e. The summed E-state index contributed by atoms with van der Waals surface area (Å²) in [6.07, 6.45) is 4.77. The minimum atomic E-state index is 0.145. The van der Waals surface area contributed by atoms with Gasteiger partial charge in [-0.25, -0.2) is 9.97 Å². The Kier molecular flexibility index (Phi) is 5.68. The topological polar surface area (TPSA) is 123 Å². The fraction of sp³-hybridized carbons (Fsp3) is 0.200. The highest BCUT2D eigenvalue weighted by Crippen LogP contribution is 2.32. The lowest BCUT2D eigenvalue weighted by atomic mass is 10.1. The fourth-order valence-corrected chi connectivity index (χ4v) is 4.35. The first-order valence-corrected chi connectivity index (χ1v) is 12.2. The number of pyridine rings is 2. The van der Waals surface area contributed by atoms with Gasteiger partial charge in [-0.2, -0.15) is 4.98 Å². The van der Waals surface area contributed by atoms with Crippen LogP contribution in [0.25, 0.3) is 34.1 Å². The Balaban J connectivity index is 1.35. The van der Waals surface area contributed by atoms with Gasteiger partial charge in [-0.15, -0.1) is 0 Å². The Morgan fingerprint density at radius 3 is 2.67 bits per heavy atom. The molecule has 180 valence electrons. The van der Waals surface area contributed by atoms with E-state index in [4.69, 9.17) is 14.2 Å². The Bertz CT molecular complexity index is 1560. The van der Waals surface area contributed by atoms with Crippen LogP contribution in [0.3, 0.4) is 0 Å². The summed E-state index contributed by atoms with van der Waals surface area (Å²) in [4.78, 5) is 35.3. The van der Waals surface area contributed by atoms with Crippen LogP contribution in [0.2, 0.25) is 0 Å². The third-order valence-electron chi connectivity index (χ3n) is 5.89. The standard InChI is InChI=1S/C25H20BrN7O3/c1-14-29-25(32-36-14)19-7-5-17(12-28-19)35-22-10-21-20(9-15(22)13-33-8-2-3-23(33)34)30-24(31-21)18-6-4-16(26)11-27-18/h4-7,9-12H,2-3,8,13H2,1H3,(H,30,31). The third kappa shape index (κ3) is 4.44. The molecule has 1 aliphatic heterocycles. The van der Waals surface area contributed by atoms with Crippen molar-refractivity contribution in [3.05, 3.63) is 64.7 Å². The summed E-state index contributed by atoms with van der Waals surface area (Å²) in [5, 5.41) is 3.90. The molecule has 0 saturated carbocycles. The van der Waals surface area contributed by atoms with Crippen LogP contribution in [0.5, 0.6) is 11.5 Å². The van der Waals surface area contributed by atoms with Crippen molar-refractivity contribution in [2.75, 3.05) is 6.54 Å². The maximum atomic E-state index is 12.3. The first-order valence-electron chi connectivity index (χ1n) is 11.4. The first kappa shape index (κ1) is 22.4. The van der Waals surface area contributed by atoms with Crippen molar-refractivity contribution in [2.24, 2.45) is 0 Å². The van der Waals surface area contributed by atoms with Gasteiger partial charge in [-0.3, -0.25) is 9.78 Å². The van der Waals surface area contributed by atoms with Crippen LogP contribution >= 0.6 is 15.9 Å². The molecule has 0 unspecified atom stereocenters. The van der Waals surface area contributed by atoms with Gasteiger partial charge < -0.3 is 19.1 Å². The summed E-state index contributed by atoms with van der Waals surface area (Å²) in [7, 11) is 0. The molecule has 1 amide bonds. The molecule has 0 radical (unpaired) electrons. The molecule has 1 fully saturated rings. The number of halogens is 1. The van der Waals surface area contributed by atoms with E-state index < -0.39 is 0 Å². The number of likely N-dealkylation sites (tertiary alicyclic amines) is 1. The van der Waals surface area contributed by atoms with Gasteiger partial charge in [0.1, 0.15) is 22.9 Å². The zero-order valence-corrected chi connectivity index (χ0v) is 20.8. The number of ether oxygens (including phenoxy) is 1. The van der Waals surface area contributed by atoms with Gasteiger partial charge in [0.25, 0.3) is 0 Å². The predicted molar refractivity (Wildman–Crippen MR) is 134 cm³/mol. The molecule has 36 heavy (non-hydrogen) atoms. The molecule has 0 aliphatic carbocycles. The predicted octanol–water partition coefficient (Wildman–Crippen LogP) is 5.06. The number of aryl methyl sites for hydroxylation is 1. The average Bonchev–Trinajstić information content (AvgIpc) is 3.60. The molecule has 11 heteroatoms. The number of benzene rings is 1. The lowest BCUT2D eigenvalue weighted by Crippen LogP contribution is -2.24. The molecule has 10 nitrogen and oxygen atoms in total. The largest absolute Gasteiger partial charge is 0.455 e. The maximum absolute atomic E-state index is 12.3. The molecular formula is C25H20BrN7O3. The van der Waals surface area contributed by atoms with Crippen LogP contribution in [-0.4, -0.2) is 47.4 Å². The number of carbonyl (C=O) groups is 1. The number of H-pyrrole nitrogens is 1. The highest BCUT2D eigenvalue weighted by molar-refractivity contribution is 9.10. The number of imidazole rings is 1. The van der Waals surface area contributed by atoms with Crippen molar-refractivity contribution in [3.8, 4) is 34.5 Å². The second kappa shape index (κ2) is 9.15. The van der Waals surface area contributed by atoms with Gasteiger partial charge in [-0.05, 0) is 52.7 Å². The van der Waals surface area contributed by atoms with E-state index >= 15 is 0 Å². The normalized spacial score (nSPS) is 13.6. The molecule has 4 aromatic heterocycles. The van der Waals surface area contributed by atoms with Crippen LogP contribution in [0.1, 0.15) is 24.3 Å². The van der Waals surface area contributed by atoms with E-state index in [0.29, 0.717) is 47.7 Å². The van der Waals surface area contributed by atoms with Crippen molar-refractivity contribution in [1.82, 2.24) is 35.0 Å². The molecule has 0 bridgehead atoms. The zero-order chi connectivity index (χ0) is 24.6. The number of hydrogen-bond donors (Lipinski definition) is 1. The number of nitrogens with zero attached hydrogens (tertiary/aromatic N) is 6. The number of aromatic nitrogens is 6. The molecule has 0 atom stereocenters. The number of amides is 1. The van der Waals surface area contributed by atoms with E-state index in [-0.39, 0.29) is 5.91 Å². The van der Waals surface area contributed by atoms with E-state index in [9.17, 15) is 4.79 Å². The van der Waals surface area contributed by atoms with E-state index in [1.165, 1.54) is 0 Å². The van der Waals surface area contributed by atoms with Crippen LogP contribution in [0.15, 0.2) is 57.8 Å². The number of aromatic amines is 1. The summed E-state index contributed by atoms with van der Waals surface area (Å²) < 4.78 is 12.2. The molecule has 1 aliphatic rings. The smallest absolute Gasteiger partial charge is 0.223 e. The zero-order valence-electron chi connectivity index (χ0n) is 19.2. The monoisotopic (exact) mass is 545 g/mol. The van der Waals surface area contributed by atoms with Crippen LogP contribution < -0.4 is 4.74 Å². The van der Waals surface area contributed by atoms with Crippen LogP contribution in [-0.2, 0) is 11.3 Å². The summed E-state index contributed by atoms with van der Waals surface area (Å²) in [5.41, 5.74) is 3.74. The molecule has 1 aromatic carbocycles. The molecule has 1 saturated heterocycles. The van der Waals surface area contributed by atoms with Gasteiger partial charge in [0, 0.05) is 48.7 Å². The van der Waals surface area contributed by atoms with Crippen molar-refractivity contribution in [2.45, 2.75) is 26.3 Å². The summed E-state index contributed by atoms with van der Waals surface area (Å²) in [5.74, 6) is 2.83. The van der Waals surface area contributed by atoms with Gasteiger partial charge >= 0.3 is 0 Å². The van der Waals surface area contributed by atoms with Gasteiger partial charge in [0.05, 0.1) is 17.2 Å². The second-order valence-electron chi connectivity index (χ2n) is 8.46. The number of hydrogen-bond acceptors (Lipinski definition) is 8. The summed E-state index contributed by atoms with van der Waals surface area (Å²) >= 11 is 3.41. The summed E-state index contributed by atoms with van der Waals surface area (Å²) in [6.45, 7) is 2.90. The highest BCUT2D eigenvalue weighted by atomic mass is 79.9. The number of rotatable bonds is 6. The van der Waals surface area contributed by atoms with E-state index in [1.54, 1.807) is 31.5 Å². The lowest BCUT2D eigenvalue weighted by Gasteiger charge is -2.18. The molecule has 6 rings (SSSR count). The van der Waals surface area contributed by atoms with Crippen molar-refractivity contribution >= 4 is 32.9 Å². The van der Waals surface area contributed by atoms with Crippen LogP contribution in [0.4, 0.5) is 0 Å². The first-order chi connectivity index (χ1) is 17.5. The molecule has 5 heterocycles. The quantitative estimate of drug-likeness (QED) is 0.314. The van der Waals surface area contributed by atoms with Crippen molar-refractivity contribution in [3.63, 3.8) is 0 Å². The highest BCUT2D eigenvalue weighted by Gasteiger charge is 2.23. The van der Waals surface area contributed by atoms with Gasteiger partial charge in [0.2, 0.25) is 17.6 Å². The summed E-state index contributed by atoms with van der Waals surface area (Å²) in [6, 6.07) is 11.2. The molecular weight excluding hydrogens is 526 g/mol. The SMILES string of the molecule is Cc1nc(-c2ccc(Oc3cc4nc(-c5ccc(Br)cn5)[nH]c4cc3CN3CCCC3=O)cn2)no1. The average molecular weight is 546 g/mol. The second-order valence-corrected chi connectivity index (χ2v) is 9.38. The lowest BCUT2D eigenvalue weighted by molar-refractivity contribution is -0.128. The third-order valence-corrected chi connectivity index (χ3v) is 6.36. The number of carbonyl (C=O) groups excluding carboxylic acids is 1. The van der Waals surface area contributed by atoms with Gasteiger partial charge in [0.15, 0.2) is 5.82 Å². The van der Waals surface area contributed by atoms with Crippen molar-refractivity contribution < 1.29 is 14.1 Å². The maximum Gasteiger partial charge on any atom is 0.223 e. The van der Waals surface area contributed by atoms with E-state index in [2.05, 4.69) is 41.0 Å². The minimum absolute atomic E-state index is 0.145.